The van der Waals surface area contributed by atoms with E-state index in [2.05, 4.69) is 15.6 Å². The molecule has 0 bridgehead atoms. The van der Waals surface area contributed by atoms with Crippen LogP contribution in [0, 0.1) is 5.82 Å². The van der Waals surface area contributed by atoms with Crippen molar-refractivity contribution in [1.29, 1.82) is 0 Å². The summed E-state index contributed by atoms with van der Waals surface area (Å²) in [6, 6.07) is 18.5. The van der Waals surface area contributed by atoms with Gasteiger partial charge in [0.15, 0.2) is 0 Å². The molecule has 8 heteroatoms. The monoisotopic (exact) mass is 404 g/mol. The van der Waals surface area contributed by atoms with Crippen LogP contribution in [-0.2, 0) is 6.61 Å². The second-order valence-electron chi connectivity index (χ2n) is 6.42. The summed E-state index contributed by atoms with van der Waals surface area (Å²) in [5, 5.41) is 5.30. The third kappa shape index (κ3) is 4.61. The number of nitrogens with one attached hydrogen (secondary N) is 2. The van der Waals surface area contributed by atoms with Gasteiger partial charge in [-0.2, -0.15) is 0 Å². The first-order valence-corrected chi connectivity index (χ1v) is 9.10. The van der Waals surface area contributed by atoms with Crippen LogP contribution in [0.4, 0.5) is 20.6 Å². The van der Waals surface area contributed by atoms with Crippen molar-refractivity contribution in [1.82, 2.24) is 9.38 Å². The molecule has 2 aromatic carbocycles. The smallest absolute Gasteiger partial charge is 0.323 e. The predicted octanol–water partition coefficient (Wildman–Crippen LogP) is 4.06. The second-order valence-corrected chi connectivity index (χ2v) is 6.42. The third-order valence-electron chi connectivity index (χ3n) is 4.20. The summed E-state index contributed by atoms with van der Waals surface area (Å²) in [5.41, 5.74) is 1.83. The SMILES string of the molecule is O=C(Nc1ccc(F)cc1)Nc1cccc(OCc2cc(=O)n3ccccc3n2)c1. The maximum Gasteiger partial charge on any atom is 0.323 e. The number of halogens is 1. The van der Waals surface area contributed by atoms with E-state index in [9.17, 15) is 14.0 Å². The van der Waals surface area contributed by atoms with Gasteiger partial charge in [-0.25, -0.2) is 14.2 Å². The molecule has 2 amide bonds. The highest BCUT2D eigenvalue weighted by Crippen LogP contribution is 2.19. The number of pyridine rings is 1. The van der Waals surface area contributed by atoms with Gasteiger partial charge in [0.25, 0.3) is 5.56 Å². The van der Waals surface area contributed by atoms with E-state index in [4.69, 9.17) is 4.74 Å². The first-order valence-electron chi connectivity index (χ1n) is 9.10. The normalized spacial score (nSPS) is 10.6. The summed E-state index contributed by atoms with van der Waals surface area (Å²) in [6.45, 7) is 0.103. The van der Waals surface area contributed by atoms with E-state index in [0.29, 0.717) is 28.5 Å². The molecule has 2 N–H and O–H groups in total. The maximum atomic E-state index is 12.9. The van der Waals surface area contributed by atoms with Gasteiger partial charge in [-0.1, -0.05) is 12.1 Å². The van der Waals surface area contributed by atoms with Crippen LogP contribution >= 0.6 is 0 Å². The molecular weight excluding hydrogens is 387 g/mol. The van der Waals surface area contributed by atoms with E-state index in [1.54, 1.807) is 48.7 Å². The number of hydrogen-bond acceptors (Lipinski definition) is 4. The lowest BCUT2D eigenvalue weighted by Crippen LogP contribution is -2.19. The molecule has 7 nitrogen and oxygen atoms in total. The number of rotatable bonds is 5. The molecule has 2 heterocycles. The zero-order valence-electron chi connectivity index (χ0n) is 15.7. The van der Waals surface area contributed by atoms with Gasteiger partial charge in [-0.15, -0.1) is 0 Å². The van der Waals surface area contributed by atoms with Crippen molar-refractivity contribution in [3.63, 3.8) is 0 Å². The molecule has 0 aliphatic rings. The summed E-state index contributed by atoms with van der Waals surface area (Å²) in [5.74, 6) is 0.124. The van der Waals surface area contributed by atoms with Crippen LogP contribution in [0.1, 0.15) is 5.69 Å². The summed E-state index contributed by atoms with van der Waals surface area (Å²) < 4.78 is 20.1. The first-order chi connectivity index (χ1) is 14.6. The predicted molar refractivity (Wildman–Crippen MR) is 111 cm³/mol. The highest BCUT2D eigenvalue weighted by Gasteiger charge is 2.06. The Hall–Kier alpha value is -4.20. The lowest BCUT2D eigenvalue weighted by Gasteiger charge is -2.10. The molecule has 0 radical (unpaired) electrons. The van der Waals surface area contributed by atoms with Gasteiger partial charge in [0, 0.05) is 29.7 Å². The molecule has 0 aliphatic heterocycles. The fourth-order valence-corrected chi connectivity index (χ4v) is 2.82. The average Bonchev–Trinajstić information content (AvgIpc) is 2.74. The van der Waals surface area contributed by atoms with Crippen LogP contribution in [0.3, 0.4) is 0 Å². The molecular formula is C22H17FN4O3. The number of hydrogen-bond donors (Lipinski definition) is 2. The lowest BCUT2D eigenvalue weighted by molar-refractivity contribution is 0.262. The average molecular weight is 404 g/mol. The van der Waals surface area contributed by atoms with Gasteiger partial charge in [-0.3, -0.25) is 9.20 Å². The number of nitrogens with zero attached hydrogens (tertiary/aromatic N) is 2. The van der Waals surface area contributed by atoms with Crippen LogP contribution in [-0.4, -0.2) is 15.4 Å². The molecule has 0 aliphatic carbocycles. The largest absolute Gasteiger partial charge is 0.487 e. The van der Waals surface area contributed by atoms with Gasteiger partial charge < -0.3 is 15.4 Å². The Balaban J connectivity index is 1.40. The molecule has 4 aromatic rings. The summed E-state index contributed by atoms with van der Waals surface area (Å²) >= 11 is 0. The minimum atomic E-state index is -0.469. The fourth-order valence-electron chi connectivity index (χ4n) is 2.82. The van der Waals surface area contributed by atoms with Crippen molar-refractivity contribution in [3.8, 4) is 5.75 Å². The van der Waals surface area contributed by atoms with Gasteiger partial charge in [0.05, 0.1) is 5.69 Å². The minimum Gasteiger partial charge on any atom is -0.487 e. The number of aromatic nitrogens is 2. The summed E-state index contributed by atoms with van der Waals surface area (Å²) in [7, 11) is 0. The highest BCUT2D eigenvalue weighted by molar-refractivity contribution is 5.99. The molecule has 0 spiro atoms. The van der Waals surface area contributed by atoms with Crippen molar-refractivity contribution >= 4 is 23.1 Å². The molecule has 0 atom stereocenters. The van der Waals surface area contributed by atoms with Gasteiger partial charge >= 0.3 is 6.03 Å². The zero-order chi connectivity index (χ0) is 20.9. The second kappa shape index (κ2) is 8.44. The first kappa shape index (κ1) is 19.1. The van der Waals surface area contributed by atoms with Gasteiger partial charge in [0.2, 0.25) is 0 Å². The van der Waals surface area contributed by atoms with Crippen molar-refractivity contribution in [2.75, 3.05) is 10.6 Å². The van der Waals surface area contributed by atoms with Gasteiger partial charge in [0.1, 0.15) is 23.8 Å². The van der Waals surface area contributed by atoms with E-state index in [-0.39, 0.29) is 18.0 Å². The molecule has 0 saturated carbocycles. The number of carbonyl (C=O) groups is 1. The topological polar surface area (TPSA) is 84.7 Å². The molecule has 4 rings (SSSR count). The number of fused-ring (bicyclic) bond motifs is 1. The molecule has 0 fully saturated rings. The molecule has 2 aromatic heterocycles. The lowest BCUT2D eigenvalue weighted by atomic mass is 10.3. The van der Waals surface area contributed by atoms with Crippen LogP contribution in [0.15, 0.2) is 83.8 Å². The highest BCUT2D eigenvalue weighted by atomic mass is 19.1. The zero-order valence-corrected chi connectivity index (χ0v) is 15.7. The molecule has 30 heavy (non-hydrogen) atoms. The number of carbonyl (C=O) groups excluding carboxylic acids is 1. The van der Waals surface area contributed by atoms with E-state index < -0.39 is 6.03 Å². The Morgan fingerprint density at radius 3 is 2.60 bits per heavy atom. The number of benzene rings is 2. The van der Waals surface area contributed by atoms with E-state index in [1.807, 2.05) is 0 Å². The van der Waals surface area contributed by atoms with E-state index >= 15 is 0 Å². The Labute approximate surface area is 170 Å². The van der Waals surface area contributed by atoms with Crippen molar-refractivity contribution in [2.24, 2.45) is 0 Å². The number of anilines is 2. The van der Waals surface area contributed by atoms with Crippen molar-refractivity contribution in [3.05, 3.63) is 101 Å². The fraction of sp³-hybridized carbons (Fsp3) is 0.0455. The van der Waals surface area contributed by atoms with E-state index in [0.717, 1.165) is 0 Å². The molecule has 0 unspecified atom stereocenters. The van der Waals surface area contributed by atoms with E-state index in [1.165, 1.54) is 34.7 Å². The Morgan fingerprint density at radius 1 is 0.967 bits per heavy atom. The van der Waals surface area contributed by atoms with Crippen molar-refractivity contribution < 1.29 is 13.9 Å². The Morgan fingerprint density at radius 2 is 1.77 bits per heavy atom. The summed E-state index contributed by atoms with van der Waals surface area (Å²) in [4.78, 5) is 28.7. The molecule has 150 valence electrons. The summed E-state index contributed by atoms with van der Waals surface area (Å²) in [6.07, 6.45) is 1.65. The third-order valence-corrected chi connectivity index (χ3v) is 4.20. The standard InChI is InChI=1S/C22H17FN4O3/c23-15-7-9-16(10-8-15)25-22(29)26-17-4-3-5-19(12-17)30-14-18-13-21(28)27-11-2-1-6-20(27)24-18/h1-13H,14H2,(H2,25,26,29). The van der Waals surface area contributed by atoms with Crippen LogP contribution in [0.5, 0.6) is 5.75 Å². The molecule has 0 saturated heterocycles. The Bertz CT molecular complexity index is 1260. The number of ether oxygens (including phenoxy) is 1. The number of urea groups is 1. The maximum absolute atomic E-state index is 12.9. The van der Waals surface area contributed by atoms with Gasteiger partial charge in [-0.05, 0) is 48.5 Å². The van der Waals surface area contributed by atoms with Crippen molar-refractivity contribution in [2.45, 2.75) is 6.61 Å². The van der Waals surface area contributed by atoms with Crippen LogP contribution in [0.25, 0.3) is 5.65 Å². The van der Waals surface area contributed by atoms with Crippen LogP contribution in [0.2, 0.25) is 0 Å². The number of amides is 2. The van der Waals surface area contributed by atoms with Crippen LogP contribution < -0.4 is 20.9 Å². The quantitative estimate of drug-likeness (QED) is 0.525. The minimum absolute atomic E-state index is 0.103. The Kier molecular flexibility index (Phi) is 5.38.